The lowest BCUT2D eigenvalue weighted by Gasteiger charge is -2.11. The molecule has 0 amide bonds. The number of hydrogen-bond acceptors (Lipinski definition) is 7. The molecule has 0 bridgehead atoms. The summed E-state index contributed by atoms with van der Waals surface area (Å²) in [6, 6.07) is 2.89. The van der Waals surface area contributed by atoms with Crippen LogP contribution in [0.2, 0.25) is 0 Å². The van der Waals surface area contributed by atoms with Crippen molar-refractivity contribution in [2.75, 3.05) is 6.54 Å². The van der Waals surface area contributed by atoms with Crippen LogP contribution in [0.3, 0.4) is 0 Å². The van der Waals surface area contributed by atoms with Crippen LogP contribution in [0, 0.1) is 12.7 Å². The molecular weight excluding hydrogens is 353 g/mol. The van der Waals surface area contributed by atoms with Crippen molar-refractivity contribution in [3.05, 3.63) is 54.0 Å². The van der Waals surface area contributed by atoms with Gasteiger partial charge in [0.1, 0.15) is 10.7 Å². The van der Waals surface area contributed by atoms with Crippen LogP contribution in [0.4, 0.5) is 4.39 Å². The summed E-state index contributed by atoms with van der Waals surface area (Å²) >= 11 is 0. The van der Waals surface area contributed by atoms with Gasteiger partial charge in [0.25, 0.3) is 5.89 Å². The van der Waals surface area contributed by atoms with Crippen LogP contribution in [-0.2, 0) is 14.8 Å². The Labute approximate surface area is 143 Å². The molecule has 0 radical (unpaired) electrons. The molecule has 134 valence electrons. The van der Waals surface area contributed by atoms with Gasteiger partial charge >= 0.3 is 5.97 Å². The molecule has 25 heavy (non-hydrogen) atoms. The third kappa shape index (κ3) is 4.48. The van der Waals surface area contributed by atoms with Gasteiger partial charge in [-0.1, -0.05) is 6.08 Å². The Hall–Kier alpha value is -2.59. The third-order valence-corrected chi connectivity index (χ3v) is 4.49. The zero-order chi connectivity index (χ0) is 18.6. The number of ether oxygens (including phenoxy) is 1. The average Bonchev–Trinajstić information content (AvgIpc) is 2.99. The fraction of sp³-hybridized carbons (Fsp3) is 0.267. The Morgan fingerprint density at radius 1 is 1.48 bits per heavy atom. The van der Waals surface area contributed by atoms with Gasteiger partial charge in [0.05, 0.1) is 5.56 Å². The SMILES string of the molecule is C=CCNS(=O)(=O)c1cc(C(=O)OC(C)c2nnc(C)o2)ccc1F. The Bertz CT molecular complexity index is 894. The summed E-state index contributed by atoms with van der Waals surface area (Å²) in [5, 5.41) is 7.35. The molecule has 0 aliphatic carbocycles. The number of hydrogen-bond donors (Lipinski definition) is 1. The maximum atomic E-state index is 13.9. The number of halogens is 1. The molecule has 1 aromatic carbocycles. The number of rotatable bonds is 7. The Kier molecular flexibility index (Phi) is 5.65. The number of carbonyl (C=O) groups excluding carboxylic acids is 1. The molecule has 0 saturated carbocycles. The topological polar surface area (TPSA) is 111 Å². The Morgan fingerprint density at radius 2 is 2.20 bits per heavy atom. The largest absolute Gasteiger partial charge is 0.449 e. The minimum absolute atomic E-state index is 0.0794. The van der Waals surface area contributed by atoms with Gasteiger partial charge in [-0.05, 0) is 25.1 Å². The number of benzene rings is 1. The molecule has 1 aromatic heterocycles. The first-order chi connectivity index (χ1) is 11.7. The van der Waals surface area contributed by atoms with Gasteiger partial charge in [-0.25, -0.2) is 22.3 Å². The first-order valence-corrected chi connectivity index (χ1v) is 8.64. The lowest BCUT2D eigenvalue weighted by Crippen LogP contribution is -2.25. The molecule has 1 heterocycles. The highest BCUT2D eigenvalue weighted by Gasteiger charge is 2.23. The van der Waals surface area contributed by atoms with E-state index < -0.39 is 32.8 Å². The maximum absolute atomic E-state index is 13.9. The van der Waals surface area contributed by atoms with E-state index in [9.17, 15) is 17.6 Å². The van der Waals surface area contributed by atoms with E-state index in [4.69, 9.17) is 9.15 Å². The number of esters is 1. The van der Waals surface area contributed by atoms with E-state index in [0.717, 1.165) is 18.2 Å². The monoisotopic (exact) mass is 369 g/mol. The zero-order valence-corrected chi connectivity index (χ0v) is 14.3. The quantitative estimate of drug-likeness (QED) is 0.586. The van der Waals surface area contributed by atoms with E-state index in [-0.39, 0.29) is 18.0 Å². The normalized spacial score (nSPS) is 12.6. The summed E-state index contributed by atoms with van der Waals surface area (Å²) < 4.78 is 50.4. The lowest BCUT2D eigenvalue weighted by atomic mass is 10.2. The smallest absolute Gasteiger partial charge is 0.338 e. The number of aromatic nitrogens is 2. The highest BCUT2D eigenvalue weighted by Crippen LogP contribution is 2.20. The summed E-state index contributed by atoms with van der Waals surface area (Å²) in [4.78, 5) is 11.5. The van der Waals surface area contributed by atoms with Crippen molar-refractivity contribution in [1.82, 2.24) is 14.9 Å². The molecule has 0 fully saturated rings. The predicted octanol–water partition coefficient (Wildman–Crippen LogP) is 1.90. The van der Waals surface area contributed by atoms with Gasteiger partial charge in [0, 0.05) is 13.5 Å². The third-order valence-electron chi connectivity index (χ3n) is 3.05. The molecule has 10 heteroatoms. The average molecular weight is 369 g/mol. The molecule has 1 N–H and O–H groups in total. The van der Waals surface area contributed by atoms with Crippen LogP contribution in [0.1, 0.15) is 35.2 Å². The van der Waals surface area contributed by atoms with Crippen LogP contribution >= 0.6 is 0 Å². The fourth-order valence-electron chi connectivity index (χ4n) is 1.84. The molecule has 1 atom stereocenters. The molecule has 0 spiro atoms. The second kappa shape index (κ2) is 7.53. The molecule has 0 aliphatic heterocycles. The van der Waals surface area contributed by atoms with E-state index in [0.29, 0.717) is 5.89 Å². The van der Waals surface area contributed by atoms with Crippen molar-refractivity contribution in [3.8, 4) is 0 Å². The van der Waals surface area contributed by atoms with Gasteiger partial charge in [0.2, 0.25) is 15.9 Å². The number of nitrogens with one attached hydrogen (secondary N) is 1. The number of nitrogens with zero attached hydrogens (tertiary/aromatic N) is 2. The van der Waals surface area contributed by atoms with Crippen molar-refractivity contribution < 1.29 is 26.8 Å². The van der Waals surface area contributed by atoms with Crippen LogP contribution in [0.15, 0.2) is 40.2 Å². The first kappa shape index (κ1) is 18.7. The van der Waals surface area contributed by atoms with Gasteiger partial charge in [-0.15, -0.1) is 16.8 Å². The van der Waals surface area contributed by atoms with Crippen LogP contribution in [0.25, 0.3) is 0 Å². The second-order valence-electron chi connectivity index (χ2n) is 4.99. The summed E-state index contributed by atoms with van der Waals surface area (Å²) in [5.41, 5.74) is -0.136. The van der Waals surface area contributed by atoms with Gasteiger partial charge in [-0.2, -0.15) is 0 Å². The van der Waals surface area contributed by atoms with Crippen molar-refractivity contribution in [3.63, 3.8) is 0 Å². The summed E-state index contributed by atoms with van der Waals surface area (Å²) in [6.45, 7) is 6.39. The van der Waals surface area contributed by atoms with Crippen LogP contribution in [-0.4, -0.2) is 31.1 Å². The minimum atomic E-state index is -4.13. The highest BCUT2D eigenvalue weighted by atomic mass is 32.2. The minimum Gasteiger partial charge on any atom is -0.449 e. The molecular formula is C15H16FN3O5S. The Balaban J connectivity index is 2.23. The number of aryl methyl sites for hydroxylation is 1. The lowest BCUT2D eigenvalue weighted by molar-refractivity contribution is 0.0276. The van der Waals surface area contributed by atoms with Crippen molar-refractivity contribution in [1.29, 1.82) is 0 Å². The second-order valence-corrected chi connectivity index (χ2v) is 6.73. The van der Waals surface area contributed by atoms with Crippen LogP contribution in [0.5, 0.6) is 0 Å². The molecule has 0 aliphatic rings. The molecule has 8 nitrogen and oxygen atoms in total. The van der Waals surface area contributed by atoms with E-state index in [1.54, 1.807) is 6.92 Å². The predicted molar refractivity (Wildman–Crippen MR) is 84.7 cm³/mol. The molecule has 2 rings (SSSR count). The van der Waals surface area contributed by atoms with E-state index >= 15 is 0 Å². The van der Waals surface area contributed by atoms with Gasteiger partial charge in [-0.3, -0.25) is 0 Å². The zero-order valence-electron chi connectivity index (χ0n) is 13.5. The summed E-state index contributed by atoms with van der Waals surface area (Å²) in [6.07, 6.45) is 0.458. The van der Waals surface area contributed by atoms with Crippen LogP contribution < -0.4 is 4.72 Å². The highest BCUT2D eigenvalue weighted by molar-refractivity contribution is 7.89. The van der Waals surface area contributed by atoms with Gasteiger partial charge in [0.15, 0.2) is 6.10 Å². The van der Waals surface area contributed by atoms with Crippen molar-refractivity contribution >= 4 is 16.0 Å². The van der Waals surface area contributed by atoms with Gasteiger partial charge < -0.3 is 9.15 Å². The Morgan fingerprint density at radius 3 is 2.80 bits per heavy atom. The van der Waals surface area contributed by atoms with E-state index in [1.165, 1.54) is 13.0 Å². The van der Waals surface area contributed by atoms with E-state index in [2.05, 4.69) is 21.5 Å². The summed E-state index contributed by atoms with van der Waals surface area (Å²) in [7, 11) is -4.13. The number of sulfonamides is 1. The molecule has 2 aromatic rings. The standard InChI is InChI=1S/C15H16FN3O5S/c1-4-7-17-25(21,22)13-8-11(5-6-12(13)16)15(20)23-9(2)14-19-18-10(3)24-14/h4-6,8-9,17H,1,7H2,2-3H3. The van der Waals surface area contributed by atoms with Crippen molar-refractivity contribution in [2.45, 2.75) is 24.8 Å². The number of carbonyl (C=O) groups is 1. The maximum Gasteiger partial charge on any atom is 0.338 e. The fourth-order valence-corrected chi connectivity index (χ4v) is 2.94. The van der Waals surface area contributed by atoms with E-state index in [1.807, 2.05) is 0 Å². The van der Waals surface area contributed by atoms with Crippen molar-refractivity contribution in [2.24, 2.45) is 0 Å². The first-order valence-electron chi connectivity index (χ1n) is 7.15. The molecule has 0 saturated heterocycles. The summed E-state index contributed by atoms with van der Waals surface area (Å²) in [5.74, 6) is -1.45. The molecule has 1 unspecified atom stereocenters.